The smallest absolute Gasteiger partial charge is 0.272 e. The van der Waals surface area contributed by atoms with E-state index >= 15 is 0 Å². The van der Waals surface area contributed by atoms with Crippen molar-refractivity contribution < 1.29 is 22.3 Å². The normalized spacial score (nSPS) is 10.6. The zero-order valence-electron chi connectivity index (χ0n) is 6.94. The van der Waals surface area contributed by atoms with E-state index in [0.29, 0.717) is 0 Å². The summed E-state index contributed by atoms with van der Waals surface area (Å²) in [7, 11) is 0. The largest absolute Gasteiger partial charge is 0.482 e. The summed E-state index contributed by atoms with van der Waals surface area (Å²) in [4.78, 5) is 0. The van der Waals surface area contributed by atoms with Gasteiger partial charge in [0.15, 0.2) is 11.6 Å². The van der Waals surface area contributed by atoms with Gasteiger partial charge in [0.05, 0.1) is 5.69 Å². The van der Waals surface area contributed by atoms with Crippen molar-refractivity contribution in [3.05, 3.63) is 23.8 Å². The fourth-order valence-electron chi connectivity index (χ4n) is 0.840. The lowest BCUT2D eigenvalue weighted by Gasteiger charge is -2.09. The zero-order chi connectivity index (χ0) is 10.7. The molecule has 2 nitrogen and oxygen atoms in total. The number of halogens is 4. The molecule has 0 saturated carbocycles. The fourth-order valence-corrected chi connectivity index (χ4v) is 0.840. The number of nitrogens with two attached hydrogens (primary N) is 1. The lowest BCUT2D eigenvalue weighted by atomic mass is 10.3. The summed E-state index contributed by atoms with van der Waals surface area (Å²) in [6.07, 6.45) is -2.77. The van der Waals surface area contributed by atoms with Crippen LogP contribution in [0.1, 0.15) is 0 Å². The first-order valence-electron chi connectivity index (χ1n) is 3.66. The van der Waals surface area contributed by atoms with E-state index in [2.05, 4.69) is 4.74 Å². The highest BCUT2D eigenvalue weighted by Crippen LogP contribution is 2.27. The van der Waals surface area contributed by atoms with Crippen molar-refractivity contribution in [2.24, 2.45) is 0 Å². The lowest BCUT2D eigenvalue weighted by molar-refractivity contribution is 0.0799. The Bertz CT molecular complexity index is 329. The maximum Gasteiger partial charge on any atom is 0.272 e. The Balaban J connectivity index is 2.89. The van der Waals surface area contributed by atoms with Gasteiger partial charge in [-0.15, -0.1) is 0 Å². The summed E-state index contributed by atoms with van der Waals surface area (Å²) in [5.41, 5.74) is 4.98. The molecule has 0 bridgehead atoms. The van der Waals surface area contributed by atoms with Gasteiger partial charge >= 0.3 is 0 Å². The molecule has 0 fully saturated rings. The van der Waals surface area contributed by atoms with Crippen LogP contribution >= 0.6 is 0 Å². The van der Waals surface area contributed by atoms with Crippen molar-refractivity contribution >= 4 is 5.69 Å². The van der Waals surface area contributed by atoms with Crippen LogP contribution in [0.25, 0.3) is 0 Å². The van der Waals surface area contributed by atoms with Gasteiger partial charge in [0, 0.05) is 0 Å². The van der Waals surface area contributed by atoms with Gasteiger partial charge in [-0.25, -0.2) is 13.2 Å². The van der Waals surface area contributed by atoms with Crippen LogP contribution in [0.15, 0.2) is 12.1 Å². The Morgan fingerprint density at radius 1 is 1.29 bits per heavy atom. The summed E-state index contributed by atoms with van der Waals surface area (Å²) < 4.78 is 53.2. The molecule has 0 aliphatic carbocycles. The summed E-state index contributed by atoms with van der Waals surface area (Å²) in [5.74, 6) is -3.22. The topological polar surface area (TPSA) is 35.2 Å². The first kappa shape index (κ1) is 10.6. The third kappa shape index (κ3) is 2.27. The second-order valence-electron chi connectivity index (χ2n) is 2.48. The van der Waals surface area contributed by atoms with E-state index < -0.39 is 30.4 Å². The number of hydrogen-bond donors (Lipinski definition) is 1. The lowest BCUT2D eigenvalue weighted by Crippen LogP contribution is -2.10. The molecule has 1 rings (SSSR count). The third-order valence-corrected chi connectivity index (χ3v) is 1.43. The van der Waals surface area contributed by atoms with E-state index in [-0.39, 0.29) is 5.69 Å². The Morgan fingerprint density at radius 3 is 2.50 bits per heavy atom. The second kappa shape index (κ2) is 4.17. The predicted octanol–water partition coefficient (Wildman–Crippen LogP) is 2.19. The molecule has 78 valence electrons. The maximum absolute atomic E-state index is 12.9. The molecule has 0 heterocycles. The fraction of sp³-hybridized carbons (Fsp3) is 0.250. The quantitative estimate of drug-likeness (QED) is 0.611. The molecule has 0 aliphatic rings. The molecule has 14 heavy (non-hydrogen) atoms. The van der Waals surface area contributed by atoms with E-state index in [9.17, 15) is 17.6 Å². The molecule has 6 heteroatoms. The molecule has 0 spiro atoms. The predicted molar refractivity (Wildman–Crippen MR) is 42.3 cm³/mol. The van der Waals surface area contributed by atoms with Gasteiger partial charge in [0.1, 0.15) is 6.61 Å². The van der Waals surface area contributed by atoms with Gasteiger partial charge in [-0.3, -0.25) is 0 Å². The molecule has 0 aliphatic heterocycles. The number of rotatable bonds is 3. The number of nitrogen functional groups attached to an aromatic ring is 1. The molecule has 0 saturated heterocycles. The number of alkyl halides is 2. The first-order valence-corrected chi connectivity index (χ1v) is 3.66. The van der Waals surface area contributed by atoms with Crippen LogP contribution < -0.4 is 10.5 Å². The van der Waals surface area contributed by atoms with E-state index in [1.54, 1.807) is 0 Å². The Morgan fingerprint density at radius 2 is 1.93 bits per heavy atom. The van der Waals surface area contributed by atoms with Gasteiger partial charge in [-0.1, -0.05) is 0 Å². The van der Waals surface area contributed by atoms with Crippen molar-refractivity contribution in [1.82, 2.24) is 0 Å². The first-order chi connectivity index (χ1) is 6.52. The Hall–Kier alpha value is -1.46. The molecule has 0 unspecified atom stereocenters. The van der Waals surface area contributed by atoms with Gasteiger partial charge in [0.25, 0.3) is 6.43 Å². The second-order valence-corrected chi connectivity index (χ2v) is 2.48. The average molecular weight is 209 g/mol. The van der Waals surface area contributed by atoms with Crippen LogP contribution in [0.4, 0.5) is 23.2 Å². The van der Waals surface area contributed by atoms with Gasteiger partial charge in [0.2, 0.25) is 5.82 Å². The van der Waals surface area contributed by atoms with Crippen LogP contribution in [0.5, 0.6) is 5.75 Å². The number of ether oxygens (including phenoxy) is 1. The molecule has 1 aromatic carbocycles. The number of hydrogen-bond acceptors (Lipinski definition) is 2. The van der Waals surface area contributed by atoms with Crippen LogP contribution in [-0.4, -0.2) is 13.0 Å². The highest BCUT2D eigenvalue weighted by atomic mass is 19.3. The third-order valence-electron chi connectivity index (χ3n) is 1.43. The van der Waals surface area contributed by atoms with Gasteiger partial charge in [-0.2, -0.15) is 4.39 Å². The average Bonchev–Trinajstić information content (AvgIpc) is 2.11. The molecule has 0 amide bonds. The molecular formula is C8H7F4NO. The minimum Gasteiger partial charge on any atom is -0.482 e. The SMILES string of the molecule is Nc1ccc(F)c(F)c1OCC(F)F. The van der Waals surface area contributed by atoms with E-state index in [4.69, 9.17) is 5.73 Å². The molecule has 0 atom stereocenters. The van der Waals surface area contributed by atoms with E-state index in [1.165, 1.54) is 0 Å². The zero-order valence-corrected chi connectivity index (χ0v) is 6.94. The summed E-state index contributed by atoms with van der Waals surface area (Å²) >= 11 is 0. The van der Waals surface area contributed by atoms with E-state index in [0.717, 1.165) is 12.1 Å². The van der Waals surface area contributed by atoms with Crippen molar-refractivity contribution in [3.63, 3.8) is 0 Å². The Labute approximate surface area is 77.3 Å². The Kier molecular flexibility index (Phi) is 3.16. The maximum atomic E-state index is 12.9. The molecule has 2 N–H and O–H groups in total. The standard InChI is InChI=1S/C8H7F4NO/c9-4-1-2-5(13)8(7(4)12)14-3-6(10)11/h1-2,6H,3,13H2. The minimum absolute atomic E-state index is 0.218. The van der Waals surface area contributed by atoms with Crippen molar-refractivity contribution in [2.75, 3.05) is 12.3 Å². The van der Waals surface area contributed by atoms with Crippen LogP contribution in [-0.2, 0) is 0 Å². The van der Waals surface area contributed by atoms with E-state index in [1.807, 2.05) is 0 Å². The highest BCUT2D eigenvalue weighted by molar-refractivity contribution is 5.53. The number of anilines is 1. The monoisotopic (exact) mass is 209 g/mol. The molecular weight excluding hydrogens is 202 g/mol. The molecule has 1 aromatic rings. The summed E-state index contributed by atoms with van der Waals surface area (Å²) in [6, 6.07) is 1.83. The van der Waals surface area contributed by atoms with Crippen LogP contribution in [0.2, 0.25) is 0 Å². The van der Waals surface area contributed by atoms with Gasteiger partial charge < -0.3 is 10.5 Å². The van der Waals surface area contributed by atoms with Crippen LogP contribution in [0.3, 0.4) is 0 Å². The summed E-state index contributed by atoms with van der Waals surface area (Å²) in [6.45, 7) is -1.02. The van der Waals surface area contributed by atoms with Gasteiger partial charge in [-0.05, 0) is 12.1 Å². The summed E-state index contributed by atoms with van der Waals surface area (Å²) in [5, 5.41) is 0. The molecule has 0 radical (unpaired) electrons. The minimum atomic E-state index is -2.77. The highest BCUT2D eigenvalue weighted by Gasteiger charge is 2.14. The number of benzene rings is 1. The van der Waals surface area contributed by atoms with Crippen molar-refractivity contribution in [1.29, 1.82) is 0 Å². The van der Waals surface area contributed by atoms with Crippen molar-refractivity contribution in [2.45, 2.75) is 6.43 Å². The molecule has 0 aromatic heterocycles. The van der Waals surface area contributed by atoms with Crippen molar-refractivity contribution in [3.8, 4) is 5.75 Å². The van der Waals surface area contributed by atoms with Crippen LogP contribution in [0, 0.1) is 11.6 Å².